The summed E-state index contributed by atoms with van der Waals surface area (Å²) >= 11 is 0. The number of ether oxygens (including phenoxy) is 1. The van der Waals surface area contributed by atoms with E-state index in [9.17, 15) is 9.18 Å². The molecular formula is C25H21FN2O2. The number of amides is 1. The van der Waals surface area contributed by atoms with Crippen molar-refractivity contribution in [2.75, 3.05) is 12.4 Å². The van der Waals surface area contributed by atoms with E-state index >= 15 is 0 Å². The van der Waals surface area contributed by atoms with Crippen molar-refractivity contribution in [2.24, 2.45) is 0 Å². The third-order valence-electron chi connectivity index (χ3n) is 4.97. The Labute approximate surface area is 174 Å². The predicted molar refractivity (Wildman–Crippen MR) is 117 cm³/mol. The molecule has 0 unspecified atom stereocenters. The summed E-state index contributed by atoms with van der Waals surface area (Å²) in [7, 11) is 1.63. The molecule has 1 aromatic heterocycles. The molecular weight excluding hydrogens is 379 g/mol. The van der Waals surface area contributed by atoms with E-state index in [1.807, 2.05) is 72.2 Å². The number of hydrogen-bond donors (Lipinski definition) is 1. The van der Waals surface area contributed by atoms with E-state index in [1.54, 1.807) is 19.2 Å². The highest BCUT2D eigenvalue weighted by molar-refractivity contribution is 6.06. The molecule has 1 heterocycles. The summed E-state index contributed by atoms with van der Waals surface area (Å²) in [6.07, 6.45) is 0. The highest BCUT2D eigenvalue weighted by Crippen LogP contribution is 2.31. The minimum atomic E-state index is -0.347. The van der Waals surface area contributed by atoms with Crippen molar-refractivity contribution in [3.05, 3.63) is 102 Å². The number of para-hydroxylation sites is 1. The van der Waals surface area contributed by atoms with Gasteiger partial charge in [-0.05, 0) is 61.5 Å². The fourth-order valence-electron chi connectivity index (χ4n) is 3.47. The number of hydrogen-bond acceptors (Lipinski definition) is 2. The third kappa shape index (κ3) is 3.82. The molecule has 0 aliphatic carbocycles. The standard InChI is InChI=1S/C25H21FN2O2/c1-17-23(25(29)27-20-13-11-19(26)12-14-20)16-24(18-7-6-10-22(15-18)30-2)28(17)21-8-4-3-5-9-21/h3-16H,1-2H3,(H,27,29). The van der Waals surface area contributed by atoms with Gasteiger partial charge < -0.3 is 14.6 Å². The van der Waals surface area contributed by atoms with Crippen LogP contribution in [0.15, 0.2) is 84.9 Å². The van der Waals surface area contributed by atoms with Crippen molar-refractivity contribution < 1.29 is 13.9 Å². The van der Waals surface area contributed by atoms with Gasteiger partial charge >= 0.3 is 0 Å². The minimum absolute atomic E-state index is 0.252. The first-order valence-corrected chi connectivity index (χ1v) is 9.56. The van der Waals surface area contributed by atoms with Gasteiger partial charge in [-0.1, -0.05) is 30.3 Å². The lowest BCUT2D eigenvalue weighted by Crippen LogP contribution is -2.13. The van der Waals surface area contributed by atoms with Crippen molar-refractivity contribution >= 4 is 11.6 Å². The van der Waals surface area contributed by atoms with E-state index in [1.165, 1.54) is 12.1 Å². The SMILES string of the molecule is COc1cccc(-c2cc(C(=O)Nc3ccc(F)cc3)c(C)n2-c2ccccc2)c1. The van der Waals surface area contributed by atoms with Crippen molar-refractivity contribution in [1.29, 1.82) is 0 Å². The Morgan fingerprint density at radius 1 is 0.933 bits per heavy atom. The van der Waals surface area contributed by atoms with Gasteiger partial charge in [-0.25, -0.2) is 4.39 Å². The molecule has 0 radical (unpaired) electrons. The number of nitrogens with one attached hydrogen (secondary N) is 1. The number of aromatic nitrogens is 1. The summed E-state index contributed by atoms with van der Waals surface area (Å²) < 4.78 is 20.6. The van der Waals surface area contributed by atoms with Crippen LogP contribution in [0.1, 0.15) is 16.1 Å². The second-order valence-electron chi connectivity index (χ2n) is 6.89. The minimum Gasteiger partial charge on any atom is -0.497 e. The average molecular weight is 400 g/mol. The number of anilines is 1. The van der Waals surface area contributed by atoms with Gasteiger partial charge in [-0.15, -0.1) is 0 Å². The fraction of sp³-hybridized carbons (Fsp3) is 0.0800. The molecule has 3 aromatic carbocycles. The molecule has 0 fully saturated rings. The van der Waals surface area contributed by atoms with Crippen LogP contribution in [-0.2, 0) is 0 Å². The van der Waals surface area contributed by atoms with Crippen LogP contribution < -0.4 is 10.1 Å². The number of halogens is 1. The monoisotopic (exact) mass is 400 g/mol. The van der Waals surface area contributed by atoms with Gasteiger partial charge in [0.25, 0.3) is 5.91 Å². The Bertz CT molecular complexity index is 1180. The van der Waals surface area contributed by atoms with Crippen LogP contribution in [0.4, 0.5) is 10.1 Å². The highest BCUT2D eigenvalue weighted by atomic mass is 19.1. The van der Waals surface area contributed by atoms with Crippen LogP contribution in [0.2, 0.25) is 0 Å². The van der Waals surface area contributed by atoms with Crippen molar-refractivity contribution in [2.45, 2.75) is 6.92 Å². The number of benzene rings is 3. The van der Waals surface area contributed by atoms with Crippen LogP contribution in [0.5, 0.6) is 5.75 Å². The molecule has 0 saturated carbocycles. The topological polar surface area (TPSA) is 43.3 Å². The van der Waals surface area contributed by atoms with Gasteiger partial charge in [-0.3, -0.25) is 4.79 Å². The number of carbonyl (C=O) groups is 1. The first-order chi connectivity index (χ1) is 14.6. The second-order valence-corrected chi connectivity index (χ2v) is 6.89. The van der Waals surface area contributed by atoms with E-state index in [4.69, 9.17) is 4.74 Å². The third-order valence-corrected chi connectivity index (χ3v) is 4.97. The summed E-state index contributed by atoms with van der Waals surface area (Å²) in [6, 6.07) is 25.2. The molecule has 0 bridgehead atoms. The van der Waals surface area contributed by atoms with Crippen LogP contribution in [0, 0.1) is 12.7 Å². The molecule has 0 aliphatic rings. The van der Waals surface area contributed by atoms with Crippen LogP contribution in [0.25, 0.3) is 16.9 Å². The summed E-state index contributed by atoms with van der Waals surface area (Å²) in [5, 5.41) is 2.85. The smallest absolute Gasteiger partial charge is 0.257 e. The first kappa shape index (κ1) is 19.5. The summed E-state index contributed by atoms with van der Waals surface area (Å²) in [6.45, 7) is 1.91. The van der Waals surface area contributed by atoms with Gasteiger partial charge in [0, 0.05) is 22.6 Å². The van der Waals surface area contributed by atoms with Crippen molar-refractivity contribution in [3.63, 3.8) is 0 Å². The zero-order valence-corrected chi connectivity index (χ0v) is 16.7. The van der Waals surface area contributed by atoms with E-state index in [0.717, 1.165) is 28.4 Å². The molecule has 4 rings (SSSR count). The zero-order valence-electron chi connectivity index (χ0n) is 16.7. The van der Waals surface area contributed by atoms with Gasteiger partial charge in [0.2, 0.25) is 0 Å². The Balaban J connectivity index is 1.81. The Morgan fingerprint density at radius 3 is 2.37 bits per heavy atom. The van der Waals surface area contributed by atoms with Gasteiger partial charge in [0.05, 0.1) is 18.4 Å². The molecule has 0 aliphatic heterocycles. The lowest BCUT2D eigenvalue weighted by molar-refractivity contribution is 0.102. The van der Waals surface area contributed by atoms with E-state index in [2.05, 4.69) is 5.32 Å². The number of carbonyl (C=O) groups excluding carboxylic acids is 1. The molecule has 0 saturated heterocycles. The second kappa shape index (κ2) is 8.25. The van der Waals surface area contributed by atoms with Crippen LogP contribution in [0.3, 0.4) is 0 Å². The number of methoxy groups -OCH3 is 1. The van der Waals surface area contributed by atoms with E-state index < -0.39 is 0 Å². The Hall–Kier alpha value is -3.86. The molecule has 1 amide bonds. The molecule has 150 valence electrons. The van der Waals surface area contributed by atoms with Gasteiger partial charge in [-0.2, -0.15) is 0 Å². The molecule has 4 aromatic rings. The molecule has 5 heteroatoms. The number of rotatable bonds is 5. The largest absolute Gasteiger partial charge is 0.497 e. The first-order valence-electron chi connectivity index (χ1n) is 9.56. The summed E-state index contributed by atoms with van der Waals surface area (Å²) in [5.74, 6) is 0.140. The van der Waals surface area contributed by atoms with Crippen LogP contribution >= 0.6 is 0 Å². The number of nitrogens with zero attached hydrogens (tertiary/aromatic N) is 1. The average Bonchev–Trinajstić information content (AvgIpc) is 3.13. The van der Waals surface area contributed by atoms with Crippen molar-refractivity contribution in [1.82, 2.24) is 4.57 Å². The predicted octanol–water partition coefficient (Wildman–Crippen LogP) is 5.85. The summed E-state index contributed by atoms with van der Waals surface area (Å²) in [5.41, 5.74) is 4.65. The van der Waals surface area contributed by atoms with Crippen molar-refractivity contribution in [3.8, 4) is 22.7 Å². The maximum atomic E-state index is 13.2. The zero-order chi connectivity index (χ0) is 21.1. The Morgan fingerprint density at radius 2 is 1.67 bits per heavy atom. The quantitative estimate of drug-likeness (QED) is 0.456. The normalized spacial score (nSPS) is 10.6. The maximum absolute atomic E-state index is 13.2. The molecule has 1 N–H and O–H groups in total. The van der Waals surface area contributed by atoms with Gasteiger partial charge in [0.1, 0.15) is 11.6 Å². The molecule has 30 heavy (non-hydrogen) atoms. The van der Waals surface area contributed by atoms with Crippen LogP contribution in [-0.4, -0.2) is 17.6 Å². The lowest BCUT2D eigenvalue weighted by atomic mass is 10.1. The molecule has 0 atom stereocenters. The van der Waals surface area contributed by atoms with Gasteiger partial charge in [0.15, 0.2) is 0 Å². The lowest BCUT2D eigenvalue weighted by Gasteiger charge is -2.13. The van der Waals surface area contributed by atoms with E-state index in [-0.39, 0.29) is 11.7 Å². The Kier molecular flexibility index (Phi) is 5.35. The fourth-order valence-corrected chi connectivity index (χ4v) is 3.47. The molecule has 4 nitrogen and oxygen atoms in total. The highest BCUT2D eigenvalue weighted by Gasteiger charge is 2.20. The van der Waals surface area contributed by atoms with E-state index in [0.29, 0.717) is 11.3 Å². The molecule has 0 spiro atoms. The maximum Gasteiger partial charge on any atom is 0.257 e. The summed E-state index contributed by atoms with van der Waals surface area (Å²) in [4.78, 5) is 13.0.